The fourth-order valence-electron chi connectivity index (χ4n) is 4.27. The van der Waals surface area contributed by atoms with Crippen molar-refractivity contribution in [3.05, 3.63) is 58.8 Å². The summed E-state index contributed by atoms with van der Waals surface area (Å²) in [5.74, 6) is 0.325. The van der Waals surface area contributed by atoms with Crippen molar-refractivity contribution in [2.45, 2.75) is 32.1 Å². The van der Waals surface area contributed by atoms with Gasteiger partial charge in [0.1, 0.15) is 5.58 Å². The van der Waals surface area contributed by atoms with E-state index in [4.69, 9.17) is 16.0 Å². The third kappa shape index (κ3) is 4.22. The van der Waals surface area contributed by atoms with Crippen LogP contribution in [0.2, 0.25) is 5.02 Å². The number of nitrogens with zero attached hydrogens (tertiary/aromatic N) is 1. The van der Waals surface area contributed by atoms with Gasteiger partial charge in [-0.2, -0.15) is 4.31 Å². The predicted octanol–water partition coefficient (Wildman–Crippen LogP) is 5.31. The Morgan fingerprint density at radius 3 is 2.48 bits per heavy atom. The van der Waals surface area contributed by atoms with Crippen LogP contribution in [0.15, 0.2) is 51.8 Å². The Morgan fingerprint density at radius 2 is 1.81 bits per heavy atom. The molecule has 1 amide bonds. The Hall–Kier alpha value is -2.35. The molecular formula is C23H25ClN2O4S. The van der Waals surface area contributed by atoms with Crippen molar-refractivity contribution in [2.75, 3.05) is 18.4 Å². The average molecular weight is 461 g/mol. The van der Waals surface area contributed by atoms with Gasteiger partial charge in [0.05, 0.1) is 15.6 Å². The number of aryl methyl sites for hydroxylation is 1. The summed E-state index contributed by atoms with van der Waals surface area (Å²) in [5, 5.41) is 3.76. The number of sulfonamides is 1. The average Bonchev–Trinajstić information content (AvgIpc) is 3.05. The first-order chi connectivity index (χ1) is 14.7. The molecule has 1 fully saturated rings. The van der Waals surface area contributed by atoms with Crippen molar-refractivity contribution in [3.63, 3.8) is 0 Å². The second-order valence-electron chi connectivity index (χ2n) is 8.42. The number of halogens is 1. The van der Waals surface area contributed by atoms with Crippen LogP contribution in [0.3, 0.4) is 0 Å². The monoisotopic (exact) mass is 460 g/mol. The summed E-state index contributed by atoms with van der Waals surface area (Å²) < 4.78 is 33.8. The summed E-state index contributed by atoms with van der Waals surface area (Å²) in [7, 11) is -3.63. The molecule has 0 bridgehead atoms. The Bertz CT molecular complexity index is 1240. The van der Waals surface area contributed by atoms with E-state index in [1.165, 1.54) is 0 Å². The van der Waals surface area contributed by atoms with Crippen molar-refractivity contribution in [3.8, 4) is 0 Å². The zero-order chi connectivity index (χ0) is 22.3. The summed E-state index contributed by atoms with van der Waals surface area (Å²) in [6, 6.07) is 11.7. The summed E-state index contributed by atoms with van der Waals surface area (Å²) in [4.78, 5) is 13.0. The number of para-hydroxylation sites is 1. The van der Waals surface area contributed by atoms with Crippen LogP contribution in [0.5, 0.6) is 0 Å². The molecule has 164 valence electrons. The molecule has 0 aliphatic carbocycles. The third-order valence-corrected chi connectivity index (χ3v) is 7.87. The van der Waals surface area contributed by atoms with Crippen molar-refractivity contribution < 1.29 is 17.6 Å². The second-order valence-corrected chi connectivity index (χ2v) is 10.8. The minimum absolute atomic E-state index is 0.129. The van der Waals surface area contributed by atoms with E-state index in [9.17, 15) is 13.2 Å². The standard InChI is InChI=1S/C23H25ClN2O4S/c1-14-10-15(2)13-26(12-14)31(28,29)17-8-9-21-18(11-17)16(3)22(30-21)23(27)25-20-7-5-4-6-19(20)24/h4-9,11,14-15H,10,12-13H2,1-3H3,(H,25,27)/t14-,15-/m1/s1. The van der Waals surface area contributed by atoms with E-state index in [0.717, 1.165) is 6.42 Å². The second kappa shape index (κ2) is 8.30. The number of benzene rings is 2. The molecule has 1 N–H and O–H groups in total. The van der Waals surface area contributed by atoms with Crippen LogP contribution in [-0.2, 0) is 10.0 Å². The van der Waals surface area contributed by atoms with E-state index in [0.29, 0.717) is 52.2 Å². The highest BCUT2D eigenvalue weighted by molar-refractivity contribution is 7.89. The number of anilines is 1. The number of carbonyl (C=O) groups is 1. The lowest BCUT2D eigenvalue weighted by Crippen LogP contribution is -2.42. The fourth-order valence-corrected chi connectivity index (χ4v) is 6.16. The van der Waals surface area contributed by atoms with Gasteiger partial charge in [0.2, 0.25) is 10.0 Å². The molecule has 6 nitrogen and oxygen atoms in total. The Morgan fingerprint density at radius 1 is 1.13 bits per heavy atom. The van der Waals surface area contributed by atoms with Crippen molar-refractivity contribution in [1.29, 1.82) is 0 Å². The molecule has 2 heterocycles. The van der Waals surface area contributed by atoms with E-state index < -0.39 is 15.9 Å². The number of piperidine rings is 1. The molecule has 8 heteroatoms. The van der Waals surface area contributed by atoms with Crippen molar-refractivity contribution in [1.82, 2.24) is 4.31 Å². The third-order valence-electron chi connectivity index (χ3n) is 5.71. The van der Waals surface area contributed by atoms with Crippen LogP contribution in [-0.4, -0.2) is 31.7 Å². The first-order valence-corrected chi connectivity index (χ1v) is 12.1. The molecule has 1 aliphatic heterocycles. The number of furan rings is 1. The van der Waals surface area contributed by atoms with E-state index in [-0.39, 0.29) is 10.7 Å². The van der Waals surface area contributed by atoms with Crippen LogP contribution < -0.4 is 5.32 Å². The lowest BCUT2D eigenvalue weighted by Gasteiger charge is -2.34. The van der Waals surface area contributed by atoms with Crippen molar-refractivity contribution in [2.24, 2.45) is 11.8 Å². The number of nitrogens with one attached hydrogen (secondary N) is 1. The quantitative estimate of drug-likeness (QED) is 0.571. The molecule has 1 aromatic heterocycles. The van der Waals surface area contributed by atoms with Crippen LogP contribution in [0.25, 0.3) is 11.0 Å². The lowest BCUT2D eigenvalue weighted by atomic mass is 9.94. The zero-order valence-electron chi connectivity index (χ0n) is 17.7. The topological polar surface area (TPSA) is 79.6 Å². The minimum Gasteiger partial charge on any atom is -0.451 e. The smallest absolute Gasteiger partial charge is 0.291 e. The Kier molecular flexibility index (Phi) is 5.85. The normalized spacial score (nSPS) is 20.1. The first-order valence-electron chi connectivity index (χ1n) is 10.3. The van der Waals surface area contributed by atoms with E-state index >= 15 is 0 Å². The number of rotatable bonds is 4. The summed E-state index contributed by atoms with van der Waals surface area (Å²) in [6.45, 7) is 6.92. The molecule has 1 aliphatic rings. The fraction of sp³-hybridized carbons (Fsp3) is 0.348. The van der Waals surface area contributed by atoms with Gasteiger partial charge in [-0.15, -0.1) is 0 Å². The van der Waals surface area contributed by atoms with Gasteiger partial charge in [-0.1, -0.05) is 37.6 Å². The maximum Gasteiger partial charge on any atom is 0.291 e. The highest BCUT2D eigenvalue weighted by atomic mass is 35.5. The minimum atomic E-state index is -3.63. The molecule has 4 rings (SSSR count). The molecule has 3 aromatic rings. The maximum atomic E-state index is 13.3. The molecule has 2 atom stereocenters. The first kappa shape index (κ1) is 21.9. The molecule has 1 saturated heterocycles. The van der Waals surface area contributed by atoms with Crippen LogP contribution in [0.4, 0.5) is 5.69 Å². The van der Waals surface area contributed by atoms with Gasteiger partial charge in [0, 0.05) is 24.0 Å². The number of fused-ring (bicyclic) bond motifs is 1. The van der Waals surface area contributed by atoms with Gasteiger partial charge >= 0.3 is 0 Å². The van der Waals surface area contributed by atoms with Gasteiger partial charge in [-0.25, -0.2) is 8.42 Å². The van der Waals surface area contributed by atoms with Gasteiger partial charge in [0.25, 0.3) is 5.91 Å². The summed E-state index contributed by atoms with van der Waals surface area (Å²) >= 11 is 6.12. The zero-order valence-corrected chi connectivity index (χ0v) is 19.3. The van der Waals surface area contributed by atoms with Gasteiger partial charge in [0.15, 0.2) is 5.76 Å². The number of hydrogen-bond donors (Lipinski definition) is 1. The van der Waals surface area contributed by atoms with Crippen molar-refractivity contribution >= 4 is 44.2 Å². The maximum absolute atomic E-state index is 13.3. The molecule has 0 spiro atoms. The molecule has 2 aromatic carbocycles. The molecule has 0 unspecified atom stereocenters. The van der Waals surface area contributed by atoms with Gasteiger partial charge in [-0.05, 0) is 55.5 Å². The van der Waals surface area contributed by atoms with Crippen LogP contribution in [0, 0.1) is 18.8 Å². The van der Waals surface area contributed by atoms with Gasteiger partial charge < -0.3 is 9.73 Å². The number of hydrogen-bond acceptors (Lipinski definition) is 4. The highest BCUT2D eigenvalue weighted by Crippen LogP contribution is 2.32. The summed E-state index contributed by atoms with van der Waals surface area (Å²) in [5.41, 5.74) is 1.52. The van der Waals surface area contributed by atoms with E-state index in [1.807, 2.05) is 0 Å². The van der Waals surface area contributed by atoms with Crippen LogP contribution in [0.1, 0.15) is 36.4 Å². The number of carbonyl (C=O) groups excluding carboxylic acids is 1. The highest BCUT2D eigenvalue weighted by Gasteiger charge is 2.32. The Labute approximate surface area is 187 Å². The summed E-state index contributed by atoms with van der Waals surface area (Å²) in [6.07, 6.45) is 1.02. The number of amides is 1. The predicted molar refractivity (Wildman–Crippen MR) is 122 cm³/mol. The Balaban J connectivity index is 1.67. The largest absolute Gasteiger partial charge is 0.451 e. The SMILES string of the molecule is Cc1c(C(=O)Nc2ccccc2Cl)oc2ccc(S(=O)(=O)N3C[C@H](C)C[C@@H](C)C3)cc12. The molecule has 31 heavy (non-hydrogen) atoms. The van der Waals surface area contributed by atoms with E-state index in [1.54, 1.807) is 53.7 Å². The lowest BCUT2D eigenvalue weighted by molar-refractivity contribution is 0.0998. The molecule has 0 radical (unpaired) electrons. The van der Waals surface area contributed by atoms with Gasteiger partial charge in [-0.3, -0.25) is 4.79 Å². The molecular weight excluding hydrogens is 436 g/mol. The molecule has 0 saturated carbocycles. The van der Waals surface area contributed by atoms with E-state index in [2.05, 4.69) is 19.2 Å². The van der Waals surface area contributed by atoms with Crippen LogP contribution >= 0.6 is 11.6 Å².